The minimum atomic E-state index is 0.503. The van der Waals surface area contributed by atoms with Crippen LogP contribution in [0, 0.1) is 0 Å². The predicted molar refractivity (Wildman–Crippen MR) is 77.9 cm³/mol. The van der Waals surface area contributed by atoms with Crippen LogP contribution in [0.15, 0.2) is 24.5 Å². The Morgan fingerprint density at radius 2 is 2.28 bits per heavy atom. The van der Waals surface area contributed by atoms with Gasteiger partial charge in [0.2, 0.25) is 0 Å². The summed E-state index contributed by atoms with van der Waals surface area (Å²) in [7, 11) is 0. The molecule has 0 aliphatic carbocycles. The number of fused-ring (bicyclic) bond motifs is 1. The molecule has 1 aliphatic heterocycles. The van der Waals surface area contributed by atoms with Crippen LogP contribution in [-0.2, 0) is 0 Å². The van der Waals surface area contributed by atoms with E-state index in [9.17, 15) is 0 Å². The van der Waals surface area contributed by atoms with Crippen molar-refractivity contribution in [2.75, 3.05) is 22.6 Å². The first-order chi connectivity index (χ1) is 8.83. The summed E-state index contributed by atoms with van der Waals surface area (Å²) in [5, 5.41) is 4.53. The van der Waals surface area contributed by atoms with Gasteiger partial charge >= 0.3 is 0 Å². The summed E-state index contributed by atoms with van der Waals surface area (Å²) in [4.78, 5) is 8.62. The maximum Gasteiger partial charge on any atom is 0.137 e. The van der Waals surface area contributed by atoms with Crippen LogP contribution in [-0.4, -0.2) is 27.5 Å². The Morgan fingerprint density at radius 3 is 3.11 bits per heavy atom. The highest BCUT2D eigenvalue weighted by Gasteiger charge is 2.15. The molecule has 5 heteroatoms. The van der Waals surface area contributed by atoms with E-state index in [1.807, 2.05) is 30.0 Å². The van der Waals surface area contributed by atoms with Crippen molar-refractivity contribution in [2.45, 2.75) is 18.9 Å². The number of nitrogen functional groups attached to an aromatic ring is 1. The smallest absolute Gasteiger partial charge is 0.137 e. The zero-order valence-corrected chi connectivity index (χ0v) is 10.9. The molecule has 1 saturated heterocycles. The van der Waals surface area contributed by atoms with Gasteiger partial charge in [0, 0.05) is 22.9 Å². The molecule has 94 valence electrons. The topological polar surface area (TPSA) is 63.8 Å². The molecule has 3 rings (SSSR count). The normalized spacial score (nSPS) is 19.9. The highest BCUT2D eigenvalue weighted by atomic mass is 32.2. The second-order valence-corrected chi connectivity index (χ2v) is 5.71. The van der Waals surface area contributed by atoms with Crippen molar-refractivity contribution < 1.29 is 0 Å². The number of hydrogen-bond acceptors (Lipinski definition) is 5. The van der Waals surface area contributed by atoms with Gasteiger partial charge in [-0.05, 0) is 36.8 Å². The van der Waals surface area contributed by atoms with Crippen molar-refractivity contribution in [3.63, 3.8) is 0 Å². The third-order valence-corrected chi connectivity index (χ3v) is 4.38. The molecular formula is C13H16N4S. The number of rotatable bonds is 2. The average molecular weight is 260 g/mol. The molecule has 1 unspecified atom stereocenters. The van der Waals surface area contributed by atoms with Gasteiger partial charge in [-0.15, -0.1) is 0 Å². The van der Waals surface area contributed by atoms with Crippen molar-refractivity contribution in [1.29, 1.82) is 0 Å². The maximum absolute atomic E-state index is 5.84. The number of nitrogens with zero attached hydrogens (tertiary/aromatic N) is 2. The monoisotopic (exact) mass is 260 g/mol. The molecular weight excluding hydrogens is 244 g/mol. The third-order valence-electron chi connectivity index (χ3n) is 3.16. The van der Waals surface area contributed by atoms with Gasteiger partial charge in [0.1, 0.15) is 12.1 Å². The van der Waals surface area contributed by atoms with Gasteiger partial charge in [0.15, 0.2) is 0 Å². The van der Waals surface area contributed by atoms with Crippen LogP contribution >= 0.6 is 11.8 Å². The molecule has 2 aromatic rings. The van der Waals surface area contributed by atoms with Crippen molar-refractivity contribution in [1.82, 2.24) is 9.97 Å². The maximum atomic E-state index is 5.84. The molecule has 0 amide bonds. The summed E-state index contributed by atoms with van der Waals surface area (Å²) in [5.74, 6) is 3.32. The molecule has 0 spiro atoms. The average Bonchev–Trinajstić information content (AvgIpc) is 2.41. The van der Waals surface area contributed by atoms with Crippen LogP contribution in [0.1, 0.15) is 12.8 Å². The van der Waals surface area contributed by atoms with Gasteiger partial charge in [-0.25, -0.2) is 9.97 Å². The number of nitrogens with one attached hydrogen (secondary N) is 1. The lowest BCUT2D eigenvalue weighted by Gasteiger charge is -2.23. The SMILES string of the molecule is Nc1ccc2ncnc(NC3CCCSC3)c2c1. The molecule has 0 radical (unpaired) electrons. The van der Waals surface area contributed by atoms with Crippen LogP contribution in [0.3, 0.4) is 0 Å². The second-order valence-electron chi connectivity index (χ2n) is 4.56. The molecule has 0 saturated carbocycles. The lowest BCUT2D eigenvalue weighted by Crippen LogP contribution is -2.26. The fourth-order valence-corrected chi connectivity index (χ4v) is 3.31. The van der Waals surface area contributed by atoms with E-state index in [1.54, 1.807) is 6.33 Å². The van der Waals surface area contributed by atoms with Crippen LogP contribution in [0.5, 0.6) is 0 Å². The molecule has 1 fully saturated rings. The van der Waals surface area contributed by atoms with Crippen molar-refractivity contribution in [2.24, 2.45) is 0 Å². The summed E-state index contributed by atoms with van der Waals surface area (Å²) >= 11 is 2.00. The van der Waals surface area contributed by atoms with Crippen LogP contribution in [0.4, 0.5) is 11.5 Å². The molecule has 18 heavy (non-hydrogen) atoms. The summed E-state index contributed by atoms with van der Waals surface area (Å²) in [6.07, 6.45) is 4.09. The van der Waals surface area contributed by atoms with E-state index in [4.69, 9.17) is 5.73 Å². The van der Waals surface area contributed by atoms with Gasteiger partial charge in [-0.2, -0.15) is 11.8 Å². The Hall–Kier alpha value is -1.49. The fourth-order valence-electron chi connectivity index (χ4n) is 2.24. The van der Waals surface area contributed by atoms with Gasteiger partial charge in [-0.3, -0.25) is 0 Å². The van der Waals surface area contributed by atoms with E-state index in [2.05, 4.69) is 15.3 Å². The number of aromatic nitrogens is 2. The van der Waals surface area contributed by atoms with E-state index >= 15 is 0 Å². The lowest BCUT2D eigenvalue weighted by molar-refractivity contribution is 0.683. The lowest BCUT2D eigenvalue weighted by atomic mass is 10.1. The van der Waals surface area contributed by atoms with Crippen molar-refractivity contribution in [3.05, 3.63) is 24.5 Å². The van der Waals surface area contributed by atoms with E-state index in [1.165, 1.54) is 18.6 Å². The minimum absolute atomic E-state index is 0.503. The summed E-state index contributed by atoms with van der Waals surface area (Å²) in [6, 6.07) is 6.25. The van der Waals surface area contributed by atoms with Crippen molar-refractivity contribution >= 4 is 34.2 Å². The minimum Gasteiger partial charge on any atom is -0.399 e. The Morgan fingerprint density at radius 1 is 1.33 bits per heavy atom. The number of hydrogen-bond donors (Lipinski definition) is 2. The molecule has 2 heterocycles. The van der Waals surface area contributed by atoms with Crippen LogP contribution in [0.2, 0.25) is 0 Å². The third kappa shape index (κ3) is 2.36. The molecule has 4 nitrogen and oxygen atoms in total. The van der Waals surface area contributed by atoms with Gasteiger partial charge in [0.25, 0.3) is 0 Å². The Kier molecular flexibility index (Phi) is 3.23. The highest BCUT2D eigenvalue weighted by Crippen LogP contribution is 2.25. The summed E-state index contributed by atoms with van der Waals surface area (Å²) in [6.45, 7) is 0. The number of thioether (sulfide) groups is 1. The fraction of sp³-hybridized carbons (Fsp3) is 0.385. The predicted octanol–water partition coefficient (Wildman–Crippen LogP) is 2.52. The Labute approximate surface area is 110 Å². The first kappa shape index (κ1) is 11.6. The number of nitrogens with two attached hydrogens (primary N) is 1. The summed E-state index contributed by atoms with van der Waals surface area (Å²) in [5.41, 5.74) is 7.52. The van der Waals surface area contributed by atoms with Crippen LogP contribution in [0.25, 0.3) is 10.9 Å². The molecule has 1 aliphatic rings. The Balaban J connectivity index is 1.92. The molecule has 1 aromatic heterocycles. The first-order valence-corrected chi connectivity index (χ1v) is 7.33. The van der Waals surface area contributed by atoms with E-state index < -0.39 is 0 Å². The molecule has 0 bridgehead atoms. The standard InChI is InChI=1S/C13H16N4S/c14-9-3-4-12-11(6-9)13(16-8-15-12)17-10-2-1-5-18-7-10/h3-4,6,8,10H,1-2,5,7,14H2,(H,15,16,17). The van der Waals surface area contributed by atoms with Gasteiger partial charge in [0.05, 0.1) is 5.52 Å². The quantitative estimate of drug-likeness (QED) is 0.812. The zero-order valence-electron chi connectivity index (χ0n) is 10.1. The number of benzene rings is 1. The molecule has 1 atom stereocenters. The second kappa shape index (κ2) is 5.02. The number of anilines is 2. The Bertz CT molecular complexity index is 552. The molecule has 3 N–H and O–H groups in total. The van der Waals surface area contributed by atoms with Crippen molar-refractivity contribution in [3.8, 4) is 0 Å². The van der Waals surface area contributed by atoms with E-state index in [0.717, 1.165) is 28.2 Å². The van der Waals surface area contributed by atoms with E-state index in [-0.39, 0.29) is 0 Å². The summed E-state index contributed by atoms with van der Waals surface area (Å²) < 4.78 is 0. The van der Waals surface area contributed by atoms with E-state index in [0.29, 0.717) is 6.04 Å². The molecule has 1 aromatic carbocycles. The first-order valence-electron chi connectivity index (χ1n) is 6.17. The van der Waals surface area contributed by atoms with Gasteiger partial charge < -0.3 is 11.1 Å². The largest absolute Gasteiger partial charge is 0.399 e. The zero-order chi connectivity index (χ0) is 12.4. The highest BCUT2D eigenvalue weighted by molar-refractivity contribution is 7.99. The van der Waals surface area contributed by atoms with Gasteiger partial charge in [-0.1, -0.05) is 0 Å². The van der Waals surface area contributed by atoms with Crippen LogP contribution < -0.4 is 11.1 Å².